The molecule has 0 bridgehead atoms. The number of nitrogens with one attached hydrogen (secondary N) is 1. The fourth-order valence-electron chi connectivity index (χ4n) is 3.40. The van der Waals surface area contributed by atoms with Crippen molar-refractivity contribution in [3.8, 4) is 0 Å². The standard InChI is InChI=1S/C25H23NO6/c1-14-20(25(30)31-4)15(2)26-21(14)22(27)16(3)32-24(29)19-12-10-18(11-13-19)23(28)17-8-6-5-7-9-17/h5-13,16,26H,1-4H3. The molecular formula is C25H23NO6. The molecule has 0 aliphatic rings. The molecule has 7 heteroatoms. The van der Waals surface area contributed by atoms with Crippen LogP contribution in [-0.2, 0) is 9.47 Å². The van der Waals surface area contributed by atoms with Crippen molar-refractivity contribution in [3.63, 3.8) is 0 Å². The highest BCUT2D eigenvalue weighted by Crippen LogP contribution is 2.21. The molecule has 3 aromatic rings. The second kappa shape index (κ2) is 9.43. The molecule has 32 heavy (non-hydrogen) atoms. The number of methoxy groups -OCH3 is 1. The quantitative estimate of drug-likeness (QED) is 0.445. The van der Waals surface area contributed by atoms with E-state index in [1.165, 1.54) is 26.2 Å². The Hall–Kier alpha value is -4.00. The summed E-state index contributed by atoms with van der Waals surface area (Å²) >= 11 is 0. The molecule has 0 fully saturated rings. The van der Waals surface area contributed by atoms with E-state index in [0.717, 1.165) is 0 Å². The van der Waals surface area contributed by atoms with E-state index < -0.39 is 23.8 Å². The van der Waals surface area contributed by atoms with Gasteiger partial charge in [0.2, 0.25) is 5.78 Å². The number of H-pyrrole nitrogens is 1. The molecule has 0 saturated carbocycles. The zero-order valence-corrected chi connectivity index (χ0v) is 18.2. The van der Waals surface area contributed by atoms with Crippen molar-refractivity contribution < 1.29 is 28.7 Å². The molecule has 1 unspecified atom stereocenters. The van der Waals surface area contributed by atoms with Crippen LogP contribution in [0.25, 0.3) is 0 Å². The van der Waals surface area contributed by atoms with Crippen molar-refractivity contribution in [2.45, 2.75) is 26.9 Å². The van der Waals surface area contributed by atoms with E-state index in [2.05, 4.69) is 4.98 Å². The van der Waals surface area contributed by atoms with Gasteiger partial charge in [-0.3, -0.25) is 9.59 Å². The monoisotopic (exact) mass is 433 g/mol. The van der Waals surface area contributed by atoms with E-state index in [1.54, 1.807) is 50.2 Å². The Labute approximate surface area is 185 Å². The van der Waals surface area contributed by atoms with Gasteiger partial charge in [-0.1, -0.05) is 42.5 Å². The average molecular weight is 433 g/mol. The smallest absolute Gasteiger partial charge is 0.339 e. The van der Waals surface area contributed by atoms with Crippen LogP contribution in [0.3, 0.4) is 0 Å². The lowest BCUT2D eigenvalue weighted by atomic mass is 10.0. The molecule has 1 aromatic heterocycles. The van der Waals surface area contributed by atoms with Crippen LogP contribution < -0.4 is 0 Å². The fourth-order valence-corrected chi connectivity index (χ4v) is 3.40. The second-order valence-corrected chi connectivity index (χ2v) is 7.30. The molecule has 1 atom stereocenters. The molecule has 3 rings (SSSR count). The SMILES string of the molecule is COC(=O)c1c(C)[nH]c(C(=O)C(C)OC(=O)c2ccc(C(=O)c3ccccc3)cc2)c1C. The highest BCUT2D eigenvalue weighted by molar-refractivity contribution is 6.09. The van der Waals surface area contributed by atoms with Gasteiger partial charge in [-0.25, -0.2) is 9.59 Å². The summed E-state index contributed by atoms with van der Waals surface area (Å²) in [5, 5.41) is 0. The normalized spacial score (nSPS) is 11.5. The molecule has 0 aliphatic carbocycles. The number of ketones is 2. The number of ether oxygens (including phenoxy) is 2. The van der Waals surface area contributed by atoms with Crippen molar-refractivity contribution >= 4 is 23.5 Å². The molecule has 0 saturated heterocycles. The van der Waals surface area contributed by atoms with Crippen LogP contribution in [0.2, 0.25) is 0 Å². The third kappa shape index (κ3) is 4.51. The summed E-state index contributed by atoms with van der Waals surface area (Å²) in [7, 11) is 1.26. The first-order valence-corrected chi connectivity index (χ1v) is 9.97. The molecule has 2 aromatic carbocycles. The van der Waals surface area contributed by atoms with Crippen molar-refractivity contribution in [2.75, 3.05) is 7.11 Å². The van der Waals surface area contributed by atoms with E-state index in [4.69, 9.17) is 9.47 Å². The van der Waals surface area contributed by atoms with Gasteiger partial charge < -0.3 is 14.5 Å². The predicted molar refractivity (Wildman–Crippen MR) is 117 cm³/mol. The van der Waals surface area contributed by atoms with Crippen molar-refractivity contribution in [1.82, 2.24) is 4.98 Å². The molecule has 1 N–H and O–H groups in total. The maximum Gasteiger partial charge on any atom is 0.339 e. The summed E-state index contributed by atoms with van der Waals surface area (Å²) < 4.78 is 10.1. The fraction of sp³-hybridized carbons (Fsp3) is 0.200. The molecular weight excluding hydrogens is 410 g/mol. The summed E-state index contributed by atoms with van der Waals surface area (Å²) in [6, 6.07) is 14.9. The van der Waals surface area contributed by atoms with Gasteiger partial charge in [-0.2, -0.15) is 0 Å². The molecule has 0 spiro atoms. The van der Waals surface area contributed by atoms with E-state index >= 15 is 0 Å². The Morgan fingerprint density at radius 3 is 1.97 bits per heavy atom. The number of hydrogen-bond donors (Lipinski definition) is 1. The topological polar surface area (TPSA) is 103 Å². The van der Waals surface area contributed by atoms with Gasteiger partial charge in [0.15, 0.2) is 11.9 Å². The molecule has 0 aliphatic heterocycles. The first-order chi connectivity index (χ1) is 15.2. The largest absolute Gasteiger partial charge is 0.465 e. The van der Waals surface area contributed by atoms with Crippen LogP contribution in [-0.4, -0.2) is 41.7 Å². The number of rotatable bonds is 7. The van der Waals surface area contributed by atoms with Crippen LogP contribution in [0.1, 0.15) is 65.3 Å². The van der Waals surface area contributed by atoms with Crippen molar-refractivity contribution in [1.29, 1.82) is 0 Å². The van der Waals surface area contributed by atoms with Crippen LogP contribution in [0.15, 0.2) is 54.6 Å². The Balaban J connectivity index is 1.71. The minimum Gasteiger partial charge on any atom is -0.465 e. The Kier molecular flexibility index (Phi) is 6.68. The molecule has 164 valence electrons. The first-order valence-electron chi connectivity index (χ1n) is 9.97. The number of Topliss-reactive ketones (excluding diaryl/α,β-unsaturated/α-hetero) is 1. The summed E-state index contributed by atoms with van der Waals surface area (Å²) in [6.07, 6.45) is -1.09. The highest BCUT2D eigenvalue weighted by atomic mass is 16.5. The molecule has 1 heterocycles. The summed E-state index contributed by atoms with van der Waals surface area (Å²) in [6.45, 7) is 4.74. The molecule has 0 radical (unpaired) electrons. The third-order valence-electron chi connectivity index (χ3n) is 5.15. The third-order valence-corrected chi connectivity index (χ3v) is 5.15. The minimum absolute atomic E-state index is 0.159. The van der Waals surface area contributed by atoms with Gasteiger partial charge in [0, 0.05) is 16.8 Å². The number of carbonyl (C=O) groups excluding carboxylic acids is 4. The van der Waals surface area contributed by atoms with Crippen LogP contribution in [0, 0.1) is 13.8 Å². The van der Waals surface area contributed by atoms with Gasteiger partial charge in [0.25, 0.3) is 0 Å². The zero-order chi connectivity index (χ0) is 23.4. The van der Waals surface area contributed by atoms with Crippen molar-refractivity contribution in [3.05, 3.63) is 93.8 Å². The number of carbonyl (C=O) groups is 4. The Morgan fingerprint density at radius 1 is 0.812 bits per heavy atom. The van der Waals surface area contributed by atoms with Gasteiger partial charge in [-0.15, -0.1) is 0 Å². The number of hydrogen-bond acceptors (Lipinski definition) is 6. The van der Waals surface area contributed by atoms with E-state index in [9.17, 15) is 19.2 Å². The lowest BCUT2D eigenvalue weighted by Crippen LogP contribution is -2.25. The first kappa shape index (κ1) is 22.7. The van der Waals surface area contributed by atoms with Gasteiger partial charge >= 0.3 is 11.9 Å². The number of benzene rings is 2. The number of aryl methyl sites for hydroxylation is 1. The van der Waals surface area contributed by atoms with E-state index in [0.29, 0.717) is 22.4 Å². The lowest BCUT2D eigenvalue weighted by Gasteiger charge is -2.12. The second-order valence-electron chi connectivity index (χ2n) is 7.30. The minimum atomic E-state index is -1.09. The van der Waals surface area contributed by atoms with Gasteiger partial charge in [0.1, 0.15) is 0 Å². The summed E-state index contributed by atoms with van der Waals surface area (Å²) in [4.78, 5) is 52.6. The summed E-state index contributed by atoms with van der Waals surface area (Å²) in [5.74, 6) is -1.87. The average Bonchev–Trinajstić information content (AvgIpc) is 3.11. The zero-order valence-electron chi connectivity index (χ0n) is 18.2. The van der Waals surface area contributed by atoms with Crippen LogP contribution in [0.5, 0.6) is 0 Å². The number of aromatic nitrogens is 1. The lowest BCUT2D eigenvalue weighted by molar-refractivity contribution is 0.0316. The Morgan fingerprint density at radius 2 is 1.38 bits per heavy atom. The maximum absolute atomic E-state index is 12.8. The summed E-state index contributed by atoms with van der Waals surface area (Å²) in [5.41, 5.74) is 2.60. The van der Waals surface area contributed by atoms with Crippen LogP contribution >= 0.6 is 0 Å². The molecule has 7 nitrogen and oxygen atoms in total. The van der Waals surface area contributed by atoms with E-state index in [1.807, 2.05) is 6.07 Å². The van der Waals surface area contributed by atoms with Crippen LogP contribution in [0.4, 0.5) is 0 Å². The number of aromatic amines is 1. The van der Waals surface area contributed by atoms with Gasteiger partial charge in [0.05, 0.1) is 23.9 Å². The van der Waals surface area contributed by atoms with E-state index in [-0.39, 0.29) is 22.6 Å². The molecule has 0 amide bonds. The van der Waals surface area contributed by atoms with Crippen molar-refractivity contribution in [2.24, 2.45) is 0 Å². The predicted octanol–water partition coefficient (Wildman–Crippen LogP) is 4.08. The maximum atomic E-state index is 12.8. The highest BCUT2D eigenvalue weighted by Gasteiger charge is 2.27. The van der Waals surface area contributed by atoms with Gasteiger partial charge in [-0.05, 0) is 38.5 Å². The Bertz CT molecular complexity index is 1180. The number of esters is 2.